The first kappa shape index (κ1) is 7.84. The number of carbonyl (C=O) groups is 1. The lowest BCUT2D eigenvalue weighted by molar-refractivity contribution is -0.144. The molecule has 1 saturated carbocycles. The minimum atomic E-state index is -0.598. The number of hydrogen-bond acceptors (Lipinski definition) is 1. The van der Waals surface area contributed by atoms with Gasteiger partial charge in [-0.1, -0.05) is 25.5 Å². The Bertz CT molecular complexity index is 232. The Hall–Kier alpha value is -0.790. The highest BCUT2D eigenvalue weighted by Crippen LogP contribution is 2.49. The zero-order valence-corrected chi connectivity index (χ0v) is 7.23. The third kappa shape index (κ3) is 0.904. The third-order valence-electron chi connectivity index (χ3n) is 3.38. The Morgan fingerprint density at radius 2 is 2.17 bits per heavy atom. The number of carboxylic acid groups (broad SMARTS) is 1. The zero-order valence-electron chi connectivity index (χ0n) is 7.23. The van der Waals surface area contributed by atoms with Crippen molar-refractivity contribution in [3.05, 3.63) is 12.2 Å². The molecule has 0 aromatic carbocycles. The third-order valence-corrected chi connectivity index (χ3v) is 3.38. The topological polar surface area (TPSA) is 37.3 Å². The van der Waals surface area contributed by atoms with E-state index in [2.05, 4.69) is 19.1 Å². The predicted octanol–water partition coefficient (Wildman–Crippen LogP) is 1.92. The molecule has 2 nitrogen and oxygen atoms in total. The standard InChI is InChI=1S/C10H14O2/c1-2-8-6-3-4-7(5-6)9(8)10(11)12/h3-4,6-9H,2,5H2,1H3,(H,11,12). The van der Waals surface area contributed by atoms with Crippen molar-refractivity contribution in [3.8, 4) is 0 Å². The van der Waals surface area contributed by atoms with Crippen LogP contribution in [0.5, 0.6) is 0 Å². The van der Waals surface area contributed by atoms with Gasteiger partial charge in [0.25, 0.3) is 0 Å². The van der Waals surface area contributed by atoms with Crippen molar-refractivity contribution in [1.82, 2.24) is 0 Å². The summed E-state index contributed by atoms with van der Waals surface area (Å²) < 4.78 is 0. The quantitative estimate of drug-likeness (QED) is 0.636. The Morgan fingerprint density at radius 1 is 1.50 bits per heavy atom. The molecule has 0 aromatic rings. The fraction of sp³-hybridized carbons (Fsp3) is 0.700. The van der Waals surface area contributed by atoms with E-state index in [1.54, 1.807) is 0 Å². The van der Waals surface area contributed by atoms with Gasteiger partial charge < -0.3 is 5.11 Å². The highest BCUT2D eigenvalue weighted by atomic mass is 16.4. The van der Waals surface area contributed by atoms with Crippen LogP contribution in [0, 0.1) is 23.7 Å². The molecule has 0 aliphatic heterocycles. The smallest absolute Gasteiger partial charge is 0.307 e. The first-order valence-corrected chi connectivity index (χ1v) is 4.65. The average Bonchev–Trinajstić information content (AvgIpc) is 2.60. The Labute approximate surface area is 72.3 Å². The second-order valence-electron chi connectivity index (χ2n) is 3.88. The van der Waals surface area contributed by atoms with Gasteiger partial charge >= 0.3 is 5.97 Å². The number of allylic oxidation sites excluding steroid dienone is 2. The summed E-state index contributed by atoms with van der Waals surface area (Å²) in [6, 6.07) is 0. The number of aliphatic carboxylic acids is 1. The fourth-order valence-electron chi connectivity index (χ4n) is 2.85. The van der Waals surface area contributed by atoms with Crippen molar-refractivity contribution < 1.29 is 9.90 Å². The van der Waals surface area contributed by atoms with Crippen LogP contribution in [0.4, 0.5) is 0 Å². The summed E-state index contributed by atoms with van der Waals surface area (Å²) in [6.07, 6.45) is 6.38. The fourth-order valence-corrected chi connectivity index (χ4v) is 2.85. The molecule has 0 amide bonds. The number of carboxylic acids is 1. The minimum absolute atomic E-state index is 0.0926. The van der Waals surface area contributed by atoms with E-state index in [9.17, 15) is 4.79 Å². The highest BCUT2D eigenvalue weighted by Gasteiger charge is 2.46. The molecule has 2 aliphatic carbocycles. The van der Waals surface area contributed by atoms with Gasteiger partial charge in [0.05, 0.1) is 5.92 Å². The molecular weight excluding hydrogens is 152 g/mol. The molecule has 0 aromatic heterocycles. The molecule has 2 rings (SSSR count). The lowest BCUT2D eigenvalue weighted by atomic mass is 9.81. The molecule has 12 heavy (non-hydrogen) atoms. The first-order chi connectivity index (χ1) is 5.74. The van der Waals surface area contributed by atoms with Crippen LogP contribution in [0.1, 0.15) is 19.8 Å². The van der Waals surface area contributed by atoms with E-state index in [-0.39, 0.29) is 5.92 Å². The van der Waals surface area contributed by atoms with Crippen LogP contribution in [-0.4, -0.2) is 11.1 Å². The SMILES string of the molecule is CCC1C2C=CC(C2)C1C(=O)O. The summed E-state index contributed by atoms with van der Waals surface area (Å²) >= 11 is 0. The van der Waals surface area contributed by atoms with E-state index in [4.69, 9.17) is 5.11 Å². The number of rotatable bonds is 2. The predicted molar refractivity (Wildman–Crippen MR) is 45.6 cm³/mol. The maximum Gasteiger partial charge on any atom is 0.307 e. The molecule has 0 saturated heterocycles. The molecule has 2 bridgehead atoms. The number of fused-ring (bicyclic) bond motifs is 2. The molecule has 0 radical (unpaired) electrons. The van der Waals surface area contributed by atoms with Crippen molar-refractivity contribution in [2.45, 2.75) is 19.8 Å². The lowest BCUT2D eigenvalue weighted by Gasteiger charge is -2.22. The van der Waals surface area contributed by atoms with Crippen LogP contribution < -0.4 is 0 Å². The van der Waals surface area contributed by atoms with Gasteiger partial charge in [-0.25, -0.2) is 0 Å². The van der Waals surface area contributed by atoms with E-state index in [1.807, 2.05) is 0 Å². The van der Waals surface area contributed by atoms with E-state index in [0.717, 1.165) is 12.8 Å². The van der Waals surface area contributed by atoms with Crippen molar-refractivity contribution >= 4 is 5.97 Å². The van der Waals surface area contributed by atoms with Crippen molar-refractivity contribution in [3.63, 3.8) is 0 Å². The Kier molecular flexibility index (Phi) is 1.71. The van der Waals surface area contributed by atoms with Gasteiger partial charge in [0.2, 0.25) is 0 Å². The highest BCUT2D eigenvalue weighted by molar-refractivity contribution is 5.72. The minimum Gasteiger partial charge on any atom is -0.481 e. The van der Waals surface area contributed by atoms with Crippen LogP contribution in [0.2, 0.25) is 0 Å². The summed E-state index contributed by atoms with van der Waals surface area (Å²) in [5.41, 5.74) is 0. The van der Waals surface area contributed by atoms with Crippen LogP contribution in [-0.2, 0) is 4.79 Å². The second-order valence-corrected chi connectivity index (χ2v) is 3.88. The van der Waals surface area contributed by atoms with Gasteiger partial charge in [-0.2, -0.15) is 0 Å². The second kappa shape index (κ2) is 2.61. The first-order valence-electron chi connectivity index (χ1n) is 4.65. The van der Waals surface area contributed by atoms with Crippen molar-refractivity contribution in [1.29, 1.82) is 0 Å². The van der Waals surface area contributed by atoms with Crippen molar-refractivity contribution in [2.24, 2.45) is 23.7 Å². The van der Waals surface area contributed by atoms with Gasteiger partial charge in [-0.3, -0.25) is 4.79 Å². The Balaban J connectivity index is 2.23. The molecule has 2 heteroatoms. The molecule has 66 valence electrons. The molecule has 4 unspecified atom stereocenters. The van der Waals surface area contributed by atoms with E-state index >= 15 is 0 Å². The molecule has 1 fully saturated rings. The van der Waals surface area contributed by atoms with Crippen LogP contribution in [0.25, 0.3) is 0 Å². The van der Waals surface area contributed by atoms with Gasteiger partial charge in [0, 0.05) is 0 Å². The lowest BCUT2D eigenvalue weighted by Crippen LogP contribution is -2.26. The molecule has 1 N–H and O–H groups in total. The monoisotopic (exact) mass is 166 g/mol. The number of hydrogen-bond donors (Lipinski definition) is 1. The zero-order chi connectivity index (χ0) is 8.72. The maximum atomic E-state index is 10.9. The summed E-state index contributed by atoms with van der Waals surface area (Å²) in [7, 11) is 0. The van der Waals surface area contributed by atoms with Gasteiger partial charge in [0.15, 0.2) is 0 Å². The molecular formula is C10H14O2. The summed E-state index contributed by atoms with van der Waals surface area (Å²) in [5, 5.41) is 9.00. The largest absolute Gasteiger partial charge is 0.481 e. The van der Waals surface area contributed by atoms with Crippen molar-refractivity contribution in [2.75, 3.05) is 0 Å². The summed E-state index contributed by atoms with van der Waals surface area (Å²) in [4.78, 5) is 10.9. The van der Waals surface area contributed by atoms with E-state index < -0.39 is 5.97 Å². The van der Waals surface area contributed by atoms with Crippen LogP contribution in [0.15, 0.2) is 12.2 Å². The van der Waals surface area contributed by atoms with Crippen LogP contribution >= 0.6 is 0 Å². The van der Waals surface area contributed by atoms with E-state index in [1.165, 1.54) is 0 Å². The van der Waals surface area contributed by atoms with Gasteiger partial charge in [0.1, 0.15) is 0 Å². The molecule has 2 aliphatic rings. The molecule has 0 spiro atoms. The summed E-state index contributed by atoms with van der Waals surface area (Å²) in [6.45, 7) is 2.09. The average molecular weight is 166 g/mol. The van der Waals surface area contributed by atoms with Crippen LogP contribution in [0.3, 0.4) is 0 Å². The normalized spacial score (nSPS) is 43.8. The maximum absolute atomic E-state index is 10.9. The molecule has 0 heterocycles. The summed E-state index contributed by atoms with van der Waals surface area (Å²) in [5.74, 6) is 0.597. The van der Waals surface area contributed by atoms with E-state index in [0.29, 0.717) is 17.8 Å². The Morgan fingerprint density at radius 3 is 2.67 bits per heavy atom. The van der Waals surface area contributed by atoms with Gasteiger partial charge in [-0.15, -0.1) is 0 Å². The molecule has 4 atom stereocenters. The van der Waals surface area contributed by atoms with Gasteiger partial charge in [-0.05, 0) is 24.2 Å².